The average Bonchev–Trinajstić information content (AvgIpc) is 2.81. The van der Waals surface area contributed by atoms with Gasteiger partial charge < -0.3 is 19.2 Å². The number of hydrogen-bond acceptors (Lipinski definition) is 5. The number of hydrogen-bond donors (Lipinski definition) is 1. The summed E-state index contributed by atoms with van der Waals surface area (Å²) in [5.41, 5.74) is 0.310. The summed E-state index contributed by atoms with van der Waals surface area (Å²) in [7, 11) is 0. The number of nitrogens with zero attached hydrogens (tertiary/aromatic N) is 3. The Bertz CT molecular complexity index is 1240. The van der Waals surface area contributed by atoms with Crippen molar-refractivity contribution in [2.24, 2.45) is 0 Å². The van der Waals surface area contributed by atoms with E-state index in [1.165, 1.54) is 4.57 Å². The number of halogens is 1. The van der Waals surface area contributed by atoms with Crippen molar-refractivity contribution in [1.29, 1.82) is 0 Å². The standard InChI is InChI=1S/C23H25ClN4O4/c1-2-28-19-8-7-16(15-18(19)25-21(29)23(28)31)22(30)27-11-9-26(10-12-27)13-14-32-20-6-4-3-5-17(20)24/h3-8,15H,2,9-14H2,1H3,(H,25,29). The minimum atomic E-state index is -0.684. The number of H-pyrrole nitrogens is 1. The van der Waals surface area contributed by atoms with Gasteiger partial charge in [0.2, 0.25) is 0 Å². The van der Waals surface area contributed by atoms with Crippen LogP contribution in [0.3, 0.4) is 0 Å². The maximum atomic E-state index is 13.0. The highest BCUT2D eigenvalue weighted by molar-refractivity contribution is 6.32. The lowest BCUT2D eigenvalue weighted by atomic mass is 10.1. The second-order valence-electron chi connectivity index (χ2n) is 7.65. The molecule has 0 spiro atoms. The van der Waals surface area contributed by atoms with Crippen molar-refractivity contribution in [1.82, 2.24) is 19.4 Å². The largest absolute Gasteiger partial charge is 0.491 e. The van der Waals surface area contributed by atoms with Crippen molar-refractivity contribution in [3.8, 4) is 5.75 Å². The lowest BCUT2D eigenvalue weighted by molar-refractivity contribution is 0.0620. The average molecular weight is 457 g/mol. The number of aromatic amines is 1. The summed E-state index contributed by atoms with van der Waals surface area (Å²) in [4.78, 5) is 43.6. The van der Waals surface area contributed by atoms with Crippen LogP contribution in [0, 0.1) is 0 Å². The fourth-order valence-electron chi connectivity index (χ4n) is 3.93. The number of nitrogens with one attached hydrogen (secondary N) is 1. The van der Waals surface area contributed by atoms with Gasteiger partial charge in [-0.15, -0.1) is 0 Å². The molecule has 9 heteroatoms. The third kappa shape index (κ3) is 4.56. The number of aromatic nitrogens is 2. The molecule has 32 heavy (non-hydrogen) atoms. The predicted octanol–water partition coefficient (Wildman–Crippen LogP) is 2.20. The van der Waals surface area contributed by atoms with E-state index in [1.807, 2.05) is 18.2 Å². The molecule has 1 aromatic heterocycles. The van der Waals surface area contributed by atoms with Crippen LogP contribution >= 0.6 is 11.6 Å². The van der Waals surface area contributed by atoms with Crippen LogP contribution in [0.2, 0.25) is 5.02 Å². The molecule has 0 atom stereocenters. The number of amides is 1. The molecular formula is C23H25ClN4O4. The number of piperazine rings is 1. The molecule has 8 nitrogen and oxygen atoms in total. The molecule has 1 saturated heterocycles. The molecule has 1 aliphatic heterocycles. The van der Waals surface area contributed by atoms with Crippen molar-refractivity contribution in [2.75, 3.05) is 39.3 Å². The van der Waals surface area contributed by atoms with Gasteiger partial charge >= 0.3 is 11.1 Å². The number of fused-ring (bicyclic) bond motifs is 1. The fourth-order valence-corrected chi connectivity index (χ4v) is 4.12. The topological polar surface area (TPSA) is 87.6 Å². The van der Waals surface area contributed by atoms with Gasteiger partial charge in [-0.1, -0.05) is 23.7 Å². The van der Waals surface area contributed by atoms with Gasteiger partial charge in [-0.25, -0.2) is 0 Å². The Morgan fingerprint density at radius 3 is 2.56 bits per heavy atom. The molecule has 2 aromatic carbocycles. The van der Waals surface area contributed by atoms with Gasteiger partial charge in [0.05, 0.1) is 16.1 Å². The lowest BCUT2D eigenvalue weighted by Gasteiger charge is -2.34. The predicted molar refractivity (Wildman–Crippen MR) is 124 cm³/mol. The first-order valence-electron chi connectivity index (χ1n) is 10.6. The molecule has 168 valence electrons. The van der Waals surface area contributed by atoms with Gasteiger partial charge in [-0.3, -0.25) is 19.3 Å². The van der Waals surface area contributed by atoms with E-state index < -0.39 is 11.1 Å². The number of para-hydroxylation sites is 1. The second-order valence-corrected chi connectivity index (χ2v) is 8.06. The Balaban J connectivity index is 1.36. The maximum absolute atomic E-state index is 13.0. The van der Waals surface area contributed by atoms with Crippen LogP contribution in [-0.4, -0.2) is 64.6 Å². The molecule has 1 fully saturated rings. The van der Waals surface area contributed by atoms with E-state index >= 15 is 0 Å². The van der Waals surface area contributed by atoms with Crippen LogP contribution < -0.4 is 15.9 Å². The van der Waals surface area contributed by atoms with Crippen molar-refractivity contribution in [3.63, 3.8) is 0 Å². The van der Waals surface area contributed by atoms with E-state index in [9.17, 15) is 14.4 Å². The van der Waals surface area contributed by atoms with Gasteiger partial charge in [-0.2, -0.15) is 0 Å². The highest BCUT2D eigenvalue weighted by atomic mass is 35.5. The summed E-state index contributed by atoms with van der Waals surface area (Å²) in [5, 5.41) is 0.593. The zero-order chi connectivity index (χ0) is 22.7. The lowest BCUT2D eigenvalue weighted by Crippen LogP contribution is -2.49. The highest BCUT2D eigenvalue weighted by Crippen LogP contribution is 2.23. The van der Waals surface area contributed by atoms with Gasteiger partial charge in [-0.05, 0) is 37.3 Å². The molecule has 3 aromatic rings. The second kappa shape index (κ2) is 9.58. The maximum Gasteiger partial charge on any atom is 0.316 e. The smallest absolute Gasteiger partial charge is 0.316 e. The van der Waals surface area contributed by atoms with E-state index in [2.05, 4.69) is 9.88 Å². The molecule has 1 aliphatic rings. The molecule has 1 N–H and O–H groups in total. The van der Waals surface area contributed by atoms with Crippen molar-refractivity contribution >= 4 is 28.5 Å². The summed E-state index contributed by atoms with van der Waals surface area (Å²) < 4.78 is 7.16. The number of ether oxygens (including phenoxy) is 1. The monoisotopic (exact) mass is 456 g/mol. The van der Waals surface area contributed by atoms with Crippen LogP contribution in [0.1, 0.15) is 17.3 Å². The molecule has 0 aliphatic carbocycles. The molecule has 2 heterocycles. The molecule has 0 saturated carbocycles. The Kier molecular flexibility index (Phi) is 6.62. The fraction of sp³-hybridized carbons (Fsp3) is 0.348. The van der Waals surface area contributed by atoms with Crippen LogP contribution in [0.25, 0.3) is 11.0 Å². The molecule has 4 rings (SSSR count). The quantitative estimate of drug-likeness (QED) is 0.574. The zero-order valence-electron chi connectivity index (χ0n) is 17.8. The molecule has 0 unspecified atom stereocenters. The zero-order valence-corrected chi connectivity index (χ0v) is 18.6. The molecule has 1 amide bonds. The van der Waals surface area contributed by atoms with Gasteiger partial charge in [0, 0.05) is 44.8 Å². The third-order valence-electron chi connectivity index (χ3n) is 5.70. The number of carbonyl (C=O) groups is 1. The highest BCUT2D eigenvalue weighted by Gasteiger charge is 2.22. The number of benzene rings is 2. The Hall–Kier alpha value is -3.10. The van der Waals surface area contributed by atoms with Crippen molar-refractivity contribution in [3.05, 3.63) is 73.8 Å². The summed E-state index contributed by atoms with van der Waals surface area (Å²) in [6, 6.07) is 12.5. The first-order chi connectivity index (χ1) is 15.5. The summed E-state index contributed by atoms with van der Waals surface area (Å²) in [5.74, 6) is 0.583. The van der Waals surface area contributed by atoms with Gasteiger partial charge in [0.25, 0.3) is 5.91 Å². The Morgan fingerprint density at radius 1 is 1.09 bits per heavy atom. The summed E-state index contributed by atoms with van der Waals surface area (Å²) in [6.07, 6.45) is 0. The number of aryl methyl sites for hydroxylation is 1. The van der Waals surface area contributed by atoms with Crippen molar-refractivity contribution in [2.45, 2.75) is 13.5 Å². The SMILES string of the molecule is CCn1c(=O)c(=O)[nH]c2cc(C(=O)N3CCN(CCOc4ccccc4Cl)CC3)ccc21. The number of rotatable bonds is 6. The normalized spacial score (nSPS) is 14.6. The molecule has 0 radical (unpaired) electrons. The van der Waals surface area contributed by atoms with Crippen LogP contribution in [0.5, 0.6) is 5.75 Å². The first kappa shape index (κ1) is 22.1. The first-order valence-corrected chi connectivity index (χ1v) is 11.0. The molecule has 0 bridgehead atoms. The van der Waals surface area contributed by atoms with E-state index in [0.29, 0.717) is 53.6 Å². The van der Waals surface area contributed by atoms with Crippen molar-refractivity contribution < 1.29 is 9.53 Å². The summed E-state index contributed by atoms with van der Waals surface area (Å²) in [6.45, 7) is 6.16. The number of carbonyl (C=O) groups excluding carboxylic acids is 1. The van der Waals surface area contributed by atoms with Gasteiger partial charge in [0.1, 0.15) is 12.4 Å². The Labute approximate surface area is 190 Å². The van der Waals surface area contributed by atoms with Crippen LogP contribution in [0.15, 0.2) is 52.1 Å². The van der Waals surface area contributed by atoms with E-state index in [0.717, 1.165) is 19.6 Å². The van der Waals surface area contributed by atoms with E-state index in [4.69, 9.17) is 16.3 Å². The molecular weight excluding hydrogens is 432 g/mol. The van der Waals surface area contributed by atoms with E-state index in [1.54, 1.807) is 36.1 Å². The third-order valence-corrected chi connectivity index (χ3v) is 6.01. The van der Waals surface area contributed by atoms with Crippen LogP contribution in [0.4, 0.5) is 0 Å². The Morgan fingerprint density at radius 2 is 1.84 bits per heavy atom. The minimum Gasteiger partial charge on any atom is -0.491 e. The van der Waals surface area contributed by atoms with E-state index in [-0.39, 0.29) is 5.91 Å². The summed E-state index contributed by atoms with van der Waals surface area (Å²) >= 11 is 6.11. The minimum absolute atomic E-state index is 0.0889. The van der Waals surface area contributed by atoms with Gasteiger partial charge in [0.15, 0.2) is 0 Å². The van der Waals surface area contributed by atoms with Crippen LogP contribution in [-0.2, 0) is 6.54 Å².